The SMILES string of the molecule is C=CCNC(=O)CN1CCN(C(=O)[C@@H]2CC[C@H](CN)O2)CC1. The quantitative estimate of drug-likeness (QED) is 0.611. The van der Waals surface area contributed by atoms with Gasteiger partial charge in [-0.05, 0) is 12.8 Å². The molecule has 3 N–H and O–H groups in total. The molecule has 22 heavy (non-hydrogen) atoms. The first kappa shape index (κ1) is 16.9. The van der Waals surface area contributed by atoms with Crippen molar-refractivity contribution in [2.24, 2.45) is 5.73 Å². The number of nitrogens with zero attached hydrogens (tertiary/aromatic N) is 2. The molecule has 0 bridgehead atoms. The highest BCUT2D eigenvalue weighted by Crippen LogP contribution is 2.21. The zero-order chi connectivity index (χ0) is 15.9. The Morgan fingerprint density at radius 2 is 2.00 bits per heavy atom. The van der Waals surface area contributed by atoms with Crippen LogP contribution in [0.2, 0.25) is 0 Å². The Balaban J connectivity index is 1.71. The van der Waals surface area contributed by atoms with E-state index in [0.717, 1.165) is 12.8 Å². The molecule has 0 aromatic carbocycles. The Labute approximate surface area is 131 Å². The average molecular weight is 310 g/mol. The second-order valence-electron chi connectivity index (χ2n) is 5.75. The summed E-state index contributed by atoms with van der Waals surface area (Å²) in [6.45, 7) is 7.58. The number of nitrogens with two attached hydrogens (primary N) is 1. The topological polar surface area (TPSA) is 87.9 Å². The molecule has 2 saturated heterocycles. The predicted octanol–water partition coefficient (Wildman–Crippen LogP) is -1.06. The first-order valence-electron chi connectivity index (χ1n) is 7.88. The van der Waals surface area contributed by atoms with E-state index >= 15 is 0 Å². The summed E-state index contributed by atoms with van der Waals surface area (Å²) in [6.07, 6.45) is 2.95. The van der Waals surface area contributed by atoms with E-state index in [-0.39, 0.29) is 24.0 Å². The van der Waals surface area contributed by atoms with Crippen molar-refractivity contribution < 1.29 is 14.3 Å². The third-order valence-electron chi connectivity index (χ3n) is 4.14. The number of rotatable bonds is 6. The maximum atomic E-state index is 12.4. The minimum Gasteiger partial charge on any atom is -0.364 e. The summed E-state index contributed by atoms with van der Waals surface area (Å²) in [5, 5.41) is 2.76. The van der Waals surface area contributed by atoms with Crippen LogP contribution < -0.4 is 11.1 Å². The number of hydrogen-bond acceptors (Lipinski definition) is 5. The molecule has 7 nitrogen and oxygen atoms in total. The van der Waals surface area contributed by atoms with E-state index in [2.05, 4.69) is 16.8 Å². The third-order valence-corrected chi connectivity index (χ3v) is 4.14. The summed E-state index contributed by atoms with van der Waals surface area (Å²) in [5.41, 5.74) is 5.57. The smallest absolute Gasteiger partial charge is 0.251 e. The van der Waals surface area contributed by atoms with E-state index in [4.69, 9.17) is 10.5 Å². The molecule has 0 aromatic rings. The van der Waals surface area contributed by atoms with Crippen molar-refractivity contribution in [1.82, 2.24) is 15.1 Å². The number of amides is 2. The lowest BCUT2D eigenvalue weighted by Gasteiger charge is -2.35. The van der Waals surface area contributed by atoms with Gasteiger partial charge in [0.2, 0.25) is 5.91 Å². The Kier molecular flexibility index (Phi) is 6.35. The second kappa shape index (κ2) is 8.26. The fraction of sp³-hybridized carbons (Fsp3) is 0.733. The summed E-state index contributed by atoms with van der Waals surface area (Å²) >= 11 is 0. The molecule has 2 aliphatic heterocycles. The highest BCUT2D eigenvalue weighted by molar-refractivity contribution is 5.81. The minimum absolute atomic E-state index is 0.00964. The number of nitrogens with one attached hydrogen (secondary N) is 1. The molecule has 0 aliphatic carbocycles. The number of carbonyl (C=O) groups excluding carboxylic acids is 2. The molecule has 2 heterocycles. The van der Waals surface area contributed by atoms with Gasteiger partial charge in [0.25, 0.3) is 5.91 Å². The van der Waals surface area contributed by atoms with Gasteiger partial charge in [0.1, 0.15) is 6.10 Å². The summed E-state index contributed by atoms with van der Waals surface area (Å²) < 4.78 is 5.66. The second-order valence-corrected chi connectivity index (χ2v) is 5.75. The lowest BCUT2D eigenvalue weighted by Crippen LogP contribution is -2.53. The van der Waals surface area contributed by atoms with Crippen LogP contribution in [0.4, 0.5) is 0 Å². The van der Waals surface area contributed by atoms with Crippen molar-refractivity contribution in [3.8, 4) is 0 Å². The van der Waals surface area contributed by atoms with Crippen LogP contribution in [0, 0.1) is 0 Å². The van der Waals surface area contributed by atoms with Gasteiger partial charge in [-0.1, -0.05) is 6.08 Å². The van der Waals surface area contributed by atoms with Gasteiger partial charge in [0, 0.05) is 39.3 Å². The van der Waals surface area contributed by atoms with Crippen molar-refractivity contribution >= 4 is 11.8 Å². The first-order chi connectivity index (χ1) is 10.6. The molecule has 7 heteroatoms. The molecule has 124 valence electrons. The molecule has 0 aromatic heterocycles. The minimum atomic E-state index is -0.337. The largest absolute Gasteiger partial charge is 0.364 e. The standard InChI is InChI=1S/C15H26N4O3/c1-2-5-17-14(20)11-18-6-8-19(9-7-18)15(21)13-4-3-12(10-16)22-13/h2,12-13H,1,3-11,16H2,(H,17,20)/t12-,13+/m1/s1. The molecule has 2 amide bonds. The Hall–Kier alpha value is -1.44. The van der Waals surface area contributed by atoms with Crippen LogP contribution in [0.15, 0.2) is 12.7 Å². The summed E-state index contributed by atoms with van der Waals surface area (Å²) in [5.74, 6) is 0.0521. The zero-order valence-corrected chi connectivity index (χ0v) is 13.0. The fourth-order valence-corrected chi connectivity index (χ4v) is 2.84. The van der Waals surface area contributed by atoms with E-state index in [0.29, 0.717) is 45.8 Å². The van der Waals surface area contributed by atoms with Crippen LogP contribution in [0.3, 0.4) is 0 Å². The van der Waals surface area contributed by atoms with Crippen LogP contribution in [-0.2, 0) is 14.3 Å². The van der Waals surface area contributed by atoms with E-state index < -0.39 is 0 Å². The van der Waals surface area contributed by atoms with Crippen LogP contribution in [0.1, 0.15) is 12.8 Å². The maximum Gasteiger partial charge on any atom is 0.251 e. The van der Waals surface area contributed by atoms with Crippen LogP contribution in [0.5, 0.6) is 0 Å². The molecular formula is C15H26N4O3. The Morgan fingerprint density at radius 1 is 1.27 bits per heavy atom. The summed E-state index contributed by atoms with van der Waals surface area (Å²) in [4.78, 5) is 27.9. The summed E-state index contributed by atoms with van der Waals surface area (Å²) in [7, 11) is 0. The van der Waals surface area contributed by atoms with E-state index in [9.17, 15) is 9.59 Å². The number of ether oxygens (including phenoxy) is 1. The highest BCUT2D eigenvalue weighted by Gasteiger charge is 2.34. The Morgan fingerprint density at radius 3 is 2.59 bits per heavy atom. The molecule has 0 spiro atoms. The van der Waals surface area contributed by atoms with Gasteiger partial charge in [0.05, 0.1) is 12.6 Å². The molecular weight excluding hydrogens is 284 g/mol. The van der Waals surface area contributed by atoms with E-state index in [1.54, 1.807) is 6.08 Å². The van der Waals surface area contributed by atoms with E-state index in [1.807, 2.05) is 4.90 Å². The molecule has 0 unspecified atom stereocenters. The normalized spacial score (nSPS) is 26.0. The lowest BCUT2D eigenvalue weighted by atomic mass is 10.1. The average Bonchev–Trinajstić information content (AvgIpc) is 3.02. The zero-order valence-electron chi connectivity index (χ0n) is 13.0. The fourth-order valence-electron chi connectivity index (χ4n) is 2.84. The van der Waals surface area contributed by atoms with Crippen LogP contribution >= 0.6 is 0 Å². The maximum absolute atomic E-state index is 12.4. The first-order valence-corrected chi connectivity index (χ1v) is 7.88. The predicted molar refractivity (Wildman–Crippen MR) is 83.2 cm³/mol. The van der Waals surface area contributed by atoms with Gasteiger partial charge < -0.3 is 20.7 Å². The van der Waals surface area contributed by atoms with Crippen LogP contribution in [0.25, 0.3) is 0 Å². The van der Waals surface area contributed by atoms with Crippen molar-refractivity contribution in [3.05, 3.63) is 12.7 Å². The van der Waals surface area contributed by atoms with Gasteiger partial charge in [-0.15, -0.1) is 6.58 Å². The van der Waals surface area contributed by atoms with Gasteiger partial charge in [-0.3, -0.25) is 14.5 Å². The monoisotopic (exact) mass is 310 g/mol. The molecule has 2 rings (SSSR count). The summed E-state index contributed by atoms with van der Waals surface area (Å²) in [6, 6.07) is 0. The van der Waals surface area contributed by atoms with E-state index in [1.165, 1.54) is 0 Å². The number of piperazine rings is 1. The van der Waals surface area contributed by atoms with Crippen molar-refractivity contribution in [2.45, 2.75) is 25.0 Å². The molecule has 2 aliphatic rings. The third kappa shape index (κ3) is 4.53. The molecule has 0 saturated carbocycles. The van der Waals surface area contributed by atoms with Gasteiger partial charge in [0.15, 0.2) is 0 Å². The van der Waals surface area contributed by atoms with Gasteiger partial charge >= 0.3 is 0 Å². The highest BCUT2D eigenvalue weighted by atomic mass is 16.5. The van der Waals surface area contributed by atoms with Gasteiger partial charge in [-0.25, -0.2) is 0 Å². The number of carbonyl (C=O) groups is 2. The van der Waals surface area contributed by atoms with Crippen molar-refractivity contribution in [3.63, 3.8) is 0 Å². The van der Waals surface area contributed by atoms with Gasteiger partial charge in [-0.2, -0.15) is 0 Å². The van der Waals surface area contributed by atoms with Crippen molar-refractivity contribution in [2.75, 3.05) is 45.8 Å². The molecule has 0 radical (unpaired) electrons. The molecule has 2 atom stereocenters. The number of hydrogen-bond donors (Lipinski definition) is 2. The van der Waals surface area contributed by atoms with Crippen molar-refractivity contribution in [1.29, 1.82) is 0 Å². The Bertz CT molecular complexity index is 408. The lowest BCUT2D eigenvalue weighted by molar-refractivity contribution is -0.144. The van der Waals surface area contributed by atoms with Crippen LogP contribution in [-0.4, -0.2) is 79.6 Å². The molecule has 2 fully saturated rings.